The maximum absolute atomic E-state index is 11.9. The van der Waals surface area contributed by atoms with E-state index in [2.05, 4.69) is 11.9 Å². The molecule has 5 nitrogen and oxygen atoms in total. The number of ether oxygens (including phenoxy) is 2. The number of hydrogen-bond acceptors (Lipinski definition) is 4. The normalized spacial score (nSPS) is 14.2. The third-order valence-corrected chi connectivity index (χ3v) is 3.33. The summed E-state index contributed by atoms with van der Waals surface area (Å²) in [4.78, 5) is 13.9. The van der Waals surface area contributed by atoms with Crippen LogP contribution in [0.1, 0.15) is 12.5 Å². The van der Waals surface area contributed by atoms with Gasteiger partial charge >= 0.3 is 0 Å². The average molecular weight is 276 g/mol. The highest BCUT2D eigenvalue weighted by Crippen LogP contribution is 2.32. The zero-order chi connectivity index (χ0) is 14.5. The Morgan fingerprint density at radius 2 is 2.25 bits per heavy atom. The number of carbonyl (C=O) groups excluding carboxylic acids is 1. The second kappa shape index (κ2) is 6.43. The van der Waals surface area contributed by atoms with E-state index in [4.69, 9.17) is 9.47 Å². The zero-order valence-corrected chi connectivity index (χ0v) is 11.9. The number of amides is 1. The smallest absolute Gasteiger partial charge is 0.237 e. The predicted molar refractivity (Wildman–Crippen MR) is 76.7 cm³/mol. The molecule has 0 saturated carbocycles. The van der Waals surface area contributed by atoms with Crippen molar-refractivity contribution in [1.82, 2.24) is 10.2 Å². The molecule has 2 rings (SSSR count). The molecule has 0 saturated heterocycles. The molecule has 0 aromatic heterocycles. The SMILES string of the molecule is C=CCNC(=O)[C@@H](C)N(C)Cc1ccc2c(c1)OCO2. The Balaban J connectivity index is 1.95. The molecule has 0 fully saturated rings. The van der Waals surface area contributed by atoms with Gasteiger partial charge in [0.25, 0.3) is 0 Å². The third-order valence-electron chi connectivity index (χ3n) is 3.33. The van der Waals surface area contributed by atoms with Gasteiger partial charge in [0, 0.05) is 13.1 Å². The first-order valence-electron chi connectivity index (χ1n) is 6.59. The zero-order valence-electron chi connectivity index (χ0n) is 11.9. The summed E-state index contributed by atoms with van der Waals surface area (Å²) in [6, 6.07) is 5.62. The van der Waals surface area contributed by atoms with Gasteiger partial charge in [0.15, 0.2) is 11.5 Å². The van der Waals surface area contributed by atoms with Crippen LogP contribution >= 0.6 is 0 Å². The molecule has 1 N–H and O–H groups in total. The standard InChI is InChI=1S/C15H20N2O3/c1-4-7-16-15(18)11(2)17(3)9-12-5-6-13-14(8-12)20-10-19-13/h4-6,8,11H,1,7,9-10H2,2-3H3,(H,16,18)/t11-/m1/s1. The van der Waals surface area contributed by atoms with Crippen molar-refractivity contribution >= 4 is 5.91 Å². The van der Waals surface area contributed by atoms with E-state index in [1.165, 1.54) is 0 Å². The molecule has 1 amide bonds. The average Bonchev–Trinajstić information content (AvgIpc) is 2.91. The molecule has 0 spiro atoms. The first-order chi connectivity index (χ1) is 9.61. The van der Waals surface area contributed by atoms with E-state index in [0.29, 0.717) is 13.1 Å². The fourth-order valence-corrected chi connectivity index (χ4v) is 1.98. The molecule has 1 heterocycles. The van der Waals surface area contributed by atoms with Crippen LogP contribution in [-0.2, 0) is 11.3 Å². The second-order valence-corrected chi connectivity index (χ2v) is 4.81. The van der Waals surface area contributed by atoms with Gasteiger partial charge in [-0.05, 0) is 31.7 Å². The Labute approximate surface area is 119 Å². The van der Waals surface area contributed by atoms with Gasteiger partial charge in [-0.25, -0.2) is 0 Å². The van der Waals surface area contributed by atoms with Crippen LogP contribution in [0.4, 0.5) is 0 Å². The van der Waals surface area contributed by atoms with Crippen molar-refractivity contribution in [1.29, 1.82) is 0 Å². The second-order valence-electron chi connectivity index (χ2n) is 4.81. The Bertz CT molecular complexity index is 502. The molecule has 20 heavy (non-hydrogen) atoms. The van der Waals surface area contributed by atoms with E-state index in [1.807, 2.05) is 37.1 Å². The maximum Gasteiger partial charge on any atom is 0.237 e. The number of nitrogens with zero attached hydrogens (tertiary/aromatic N) is 1. The number of carbonyl (C=O) groups is 1. The molecule has 0 bridgehead atoms. The minimum Gasteiger partial charge on any atom is -0.454 e. The number of fused-ring (bicyclic) bond motifs is 1. The Morgan fingerprint density at radius 3 is 3.00 bits per heavy atom. The van der Waals surface area contributed by atoms with Crippen LogP contribution in [0, 0.1) is 0 Å². The molecule has 108 valence electrons. The fraction of sp³-hybridized carbons (Fsp3) is 0.400. The number of rotatable bonds is 6. The summed E-state index contributed by atoms with van der Waals surface area (Å²) in [5.74, 6) is 1.53. The first kappa shape index (κ1) is 14.4. The minimum absolute atomic E-state index is 0.00635. The van der Waals surface area contributed by atoms with Crippen molar-refractivity contribution < 1.29 is 14.3 Å². The number of hydrogen-bond donors (Lipinski definition) is 1. The number of likely N-dealkylation sites (N-methyl/N-ethyl adjacent to an activating group) is 1. The Morgan fingerprint density at radius 1 is 1.50 bits per heavy atom. The summed E-state index contributed by atoms with van der Waals surface area (Å²) in [7, 11) is 1.92. The number of nitrogens with one attached hydrogen (secondary N) is 1. The monoisotopic (exact) mass is 276 g/mol. The molecule has 0 radical (unpaired) electrons. The Hall–Kier alpha value is -2.01. The molecular formula is C15H20N2O3. The summed E-state index contributed by atoms with van der Waals surface area (Å²) in [6.45, 7) is 6.89. The fourth-order valence-electron chi connectivity index (χ4n) is 1.98. The highest BCUT2D eigenvalue weighted by molar-refractivity contribution is 5.81. The molecular weight excluding hydrogens is 256 g/mol. The van der Waals surface area contributed by atoms with Crippen molar-refractivity contribution in [2.45, 2.75) is 19.5 Å². The summed E-state index contributed by atoms with van der Waals surface area (Å²) < 4.78 is 10.6. The van der Waals surface area contributed by atoms with Gasteiger partial charge in [-0.3, -0.25) is 9.69 Å². The van der Waals surface area contributed by atoms with E-state index in [9.17, 15) is 4.79 Å². The van der Waals surface area contributed by atoms with Crippen LogP contribution in [0.25, 0.3) is 0 Å². The first-order valence-corrected chi connectivity index (χ1v) is 6.59. The van der Waals surface area contributed by atoms with Crippen molar-refractivity contribution in [3.05, 3.63) is 36.4 Å². The molecule has 1 atom stereocenters. The summed E-state index contributed by atoms with van der Waals surface area (Å²) >= 11 is 0. The lowest BCUT2D eigenvalue weighted by molar-refractivity contribution is -0.125. The van der Waals surface area contributed by atoms with Gasteiger partial charge in [0.2, 0.25) is 12.7 Å². The summed E-state index contributed by atoms with van der Waals surface area (Å²) in [6.07, 6.45) is 1.67. The van der Waals surface area contributed by atoms with Crippen molar-refractivity contribution in [3.63, 3.8) is 0 Å². The number of benzene rings is 1. The molecule has 0 unspecified atom stereocenters. The summed E-state index contributed by atoms with van der Waals surface area (Å²) in [5, 5.41) is 2.80. The van der Waals surface area contributed by atoms with Crippen LogP contribution < -0.4 is 14.8 Å². The molecule has 5 heteroatoms. The van der Waals surface area contributed by atoms with Crippen molar-refractivity contribution in [2.75, 3.05) is 20.4 Å². The van der Waals surface area contributed by atoms with Gasteiger partial charge < -0.3 is 14.8 Å². The molecule has 1 aromatic carbocycles. The molecule has 1 aliphatic heterocycles. The third kappa shape index (κ3) is 3.30. The topological polar surface area (TPSA) is 50.8 Å². The van der Waals surface area contributed by atoms with Gasteiger partial charge in [0.05, 0.1) is 6.04 Å². The van der Waals surface area contributed by atoms with Crippen LogP contribution in [0.3, 0.4) is 0 Å². The van der Waals surface area contributed by atoms with E-state index < -0.39 is 0 Å². The quantitative estimate of drug-likeness (QED) is 0.801. The van der Waals surface area contributed by atoms with Crippen LogP contribution in [0.5, 0.6) is 11.5 Å². The van der Waals surface area contributed by atoms with Gasteiger partial charge in [-0.15, -0.1) is 6.58 Å². The van der Waals surface area contributed by atoms with E-state index in [1.54, 1.807) is 6.08 Å². The van der Waals surface area contributed by atoms with Gasteiger partial charge in [-0.2, -0.15) is 0 Å². The summed E-state index contributed by atoms with van der Waals surface area (Å²) in [5.41, 5.74) is 1.08. The largest absolute Gasteiger partial charge is 0.454 e. The predicted octanol–water partition coefficient (Wildman–Crippen LogP) is 1.54. The van der Waals surface area contributed by atoms with Crippen LogP contribution in [-0.4, -0.2) is 37.2 Å². The lowest BCUT2D eigenvalue weighted by atomic mass is 10.1. The van der Waals surface area contributed by atoms with Crippen molar-refractivity contribution in [3.8, 4) is 11.5 Å². The highest BCUT2D eigenvalue weighted by atomic mass is 16.7. The van der Waals surface area contributed by atoms with Crippen LogP contribution in [0.2, 0.25) is 0 Å². The van der Waals surface area contributed by atoms with E-state index in [0.717, 1.165) is 17.1 Å². The Kier molecular flexibility index (Phi) is 4.63. The molecule has 0 aliphatic carbocycles. The lowest BCUT2D eigenvalue weighted by Crippen LogP contribution is -2.42. The van der Waals surface area contributed by atoms with Gasteiger partial charge in [0.1, 0.15) is 0 Å². The van der Waals surface area contributed by atoms with Crippen molar-refractivity contribution in [2.24, 2.45) is 0 Å². The van der Waals surface area contributed by atoms with E-state index >= 15 is 0 Å². The maximum atomic E-state index is 11.9. The molecule has 1 aliphatic rings. The molecule has 1 aromatic rings. The van der Waals surface area contributed by atoms with E-state index in [-0.39, 0.29) is 18.7 Å². The minimum atomic E-state index is -0.208. The van der Waals surface area contributed by atoms with Crippen LogP contribution in [0.15, 0.2) is 30.9 Å². The lowest BCUT2D eigenvalue weighted by Gasteiger charge is -2.23. The van der Waals surface area contributed by atoms with Gasteiger partial charge in [-0.1, -0.05) is 12.1 Å². The highest BCUT2D eigenvalue weighted by Gasteiger charge is 2.19.